The van der Waals surface area contributed by atoms with Crippen LogP contribution in [0.3, 0.4) is 0 Å². The number of nitrogens with one attached hydrogen (secondary N) is 1. The molecule has 8 nitrogen and oxygen atoms in total. The second-order valence-electron chi connectivity index (χ2n) is 5.37. The molecule has 4 heterocycles. The minimum atomic E-state index is -0.121. The smallest absolute Gasteiger partial charge is 0.317 e. The van der Waals surface area contributed by atoms with Crippen molar-refractivity contribution in [2.45, 2.75) is 6.54 Å². The number of hydrogen-bond acceptors (Lipinski definition) is 6. The van der Waals surface area contributed by atoms with Crippen LogP contribution in [0.1, 0.15) is 5.82 Å². The maximum absolute atomic E-state index is 12.2. The molecule has 1 saturated heterocycles. The number of fused-ring (bicyclic) bond motifs is 1. The van der Waals surface area contributed by atoms with E-state index in [1.165, 1.54) is 0 Å². The zero-order valence-electron chi connectivity index (χ0n) is 12.9. The van der Waals surface area contributed by atoms with E-state index in [4.69, 9.17) is 4.74 Å². The molecule has 124 valence electrons. The predicted molar refractivity (Wildman–Crippen MR) is 88.7 cm³/mol. The van der Waals surface area contributed by atoms with Crippen LogP contribution in [0, 0.1) is 0 Å². The van der Waals surface area contributed by atoms with Crippen molar-refractivity contribution in [3.63, 3.8) is 0 Å². The van der Waals surface area contributed by atoms with Crippen molar-refractivity contribution < 1.29 is 9.53 Å². The standard InChI is InChI=1S/C15H16N6O2S/c22-15(20-4-6-23-7-5-20)16-9-14-18-17-13-2-1-12(19-21(13)14)11-3-8-24-10-11/h1-3,8,10H,4-7,9H2,(H,16,22). The van der Waals surface area contributed by atoms with Crippen molar-refractivity contribution in [3.05, 3.63) is 34.8 Å². The lowest BCUT2D eigenvalue weighted by Crippen LogP contribution is -2.46. The number of aromatic nitrogens is 4. The van der Waals surface area contributed by atoms with Gasteiger partial charge in [-0.25, -0.2) is 4.79 Å². The fourth-order valence-electron chi connectivity index (χ4n) is 2.54. The fourth-order valence-corrected chi connectivity index (χ4v) is 3.19. The Labute approximate surface area is 142 Å². The van der Waals surface area contributed by atoms with Gasteiger partial charge in [0.1, 0.15) is 0 Å². The van der Waals surface area contributed by atoms with Gasteiger partial charge in [-0.15, -0.1) is 10.2 Å². The third kappa shape index (κ3) is 2.95. The number of hydrogen-bond donors (Lipinski definition) is 1. The van der Waals surface area contributed by atoms with Crippen LogP contribution >= 0.6 is 11.3 Å². The van der Waals surface area contributed by atoms with Gasteiger partial charge in [-0.2, -0.15) is 21.0 Å². The first kappa shape index (κ1) is 15.0. The van der Waals surface area contributed by atoms with E-state index in [1.807, 2.05) is 29.0 Å². The van der Waals surface area contributed by atoms with Crippen molar-refractivity contribution in [1.82, 2.24) is 30.0 Å². The highest BCUT2D eigenvalue weighted by atomic mass is 32.1. The van der Waals surface area contributed by atoms with Gasteiger partial charge in [0, 0.05) is 24.0 Å². The van der Waals surface area contributed by atoms with Crippen molar-refractivity contribution in [2.75, 3.05) is 26.3 Å². The second kappa shape index (κ2) is 6.54. The molecule has 3 aromatic heterocycles. The molecule has 3 aromatic rings. The lowest BCUT2D eigenvalue weighted by Gasteiger charge is -2.26. The second-order valence-corrected chi connectivity index (χ2v) is 6.15. The summed E-state index contributed by atoms with van der Waals surface area (Å²) in [6, 6.07) is 5.69. The van der Waals surface area contributed by atoms with Crippen LogP contribution in [0.5, 0.6) is 0 Å². The lowest BCUT2D eigenvalue weighted by atomic mass is 10.2. The Bertz CT molecular complexity index is 841. The number of morpholine rings is 1. The van der Waals surface area contributed by atoms with E-state index in [9.17, 15) is 4.79 Å². The summed E-state index contributed by atoms with van der Waals surface area (Å²) in [6.45, 7) is 2.64. The van der Waals surface area contributed by atoms with E-state index < -0.39 is 0 Å². The van der Waals surface area contributed by atoms with Crippen LogP contribution in [-0.4, -0.2) is 57.0 Å². The third-order valence-corrected chi connectivity index (χ3v) is 4.52. The molecular weight excluding hydrogens is 328 g/mol. The number of nitrogens with zero attached hydrogens (tertiary/aromatic N) is 5. The molecule has 9 heteroatoms. The van der Waals surface area contributed by atoms with Gasteiger partial charge in [0.25, 0.3) is 0 Å². The van der Waals surface area contributed by atoms with Crippen molar-refractivity contribution >= 4 is 23.0 Å². The Kier molecular flexibility index (Phi) is 4.09. The van der Waals surface area contributed by atoms with Crippen LogP contribution in [-0.2, 0) is 11.3 Å². The predicted octanol–water partition coefficient (Wildman–Crippen LogP) is 1.39. The van der Waals surface area contributed by atoms with Gasteiger partial charge >= 0.3 is 6.03 Å². The first-order chi connectivity index (χ1) is 11.8. The Balaban J connectivity index is 1.51. The molecular formula is C15H16N6O2S. The molecule has 1 aliphatic heterocycles. The molecule has 1 N–H and O–H groups in total. The maximum Gasteiger partial charge on any atom is 0.317 e. The average molecular weight is 344 g/mol. The first-order valence-corrected chi connectivity index (χ1v) is 8.60. The normalized spacial score (nSPS) is 14.9. The number of amides is 2. The van der Waals surface area contributed by atoms with Gasteiger partial charge in [-0.1, -0.05) is 0 Å². The van der Waals surface area contributed by atoms with E-state index in [0.29, 0.717) is 37.8 Å². The SMILES string of the molecule is O=C(NCc1nnc2ccc(-c3ccsc3)nn12)N1CCOCC1. The minimum Gasteiger partial charge on any atom is -0.378 e. The number of carbonyl (C=O) groups excluding carboxylic acids is 1. The van der Waals surface area contributed by atoms with Crippen LogP contribution < -0.4 is 5.32 Å². The largest absolute Gasteiger partial charge is 0.378 e. The molecule has 0 spiro atoms. The number of thiophene rings is 1. The van der Waals surface area contributed by atoms with Gasteiger partial charge in [0.15, 0.2) is 11.5 Å². The van der Waals surface area contributed by atoms with Gasteiger partial charge in [0.05, 0.1) is 25.5 Å². The summed E-state index contributed by atoms with van der Waals surface area (Å²) in [6.07, 6.45) is 0. The summed E-state index contributed by atoms with van der Waals surface area (Å²) < 4.78 is 6.92. The van der Waals surface area contributed by atoms with E-state index in [1.54, 1.807) is 20.8 Å². The zero-order valence-corrected chi connectivity index (χ0v) is 13.7. The van der Waals surface area contributed by atoms with E-state index in [-0.39, 0.29) is 12.6 Å². The van der Waals surface area contributed by atoms with Gasteiger partial charge in [0.2, 0.25) is 0 Å². The Hall–Kier alpha value is -2.52. The molecule has 2 amide bonds. The maximum atomic E-state index is 12.2. The summed E-state index contributed by atoms with van der Waals surface area (Å²) in [5, 5.41) is 19.7. The molecule has 0 atom stereocenters. The van der Waals surface area contributed by atoms with Crippen LogP contribution in [0.15, 0.2) is 29.0 Å². The average Bonchev–Trinajstić information content (AvgIpc) is 3.30. The lowest BCUT2D eigenvalue weighted by molar-refractivity contribution is 0.0531. The highest BCUT2D eigenvalue weighted by Gasteiger charge is 2.17. The molecule has 0 saturated carbocycles. The molecule has 0 bridgehead atoms. The van der Waals surface area contributed by atoms with Crippen LogP contribution in [0.25, 0.3) is 16.9 Å². The zero-order chi connectivity index (χ0) is 16.4. The van der Waals surface area contributed by atoms with Crippen molar-refractivity contribution in [3.8, 4) is 11.3 Å². The number of rotatable bonds is 3. The topological polar surface area (TPSA) is 84.7 Å². The summed E-state index contributed by atoms with van der Waals surface area (Å²) in [7, 11) is 0. The monoisotopic (exact) mass is 344 g/mol. The first-order valence-electron chi connectivity index (χ1n) is 7.66. The van der Waals surface area contributed by atoms with Gasteiger partial charge in [-0.3, -0.25) is 0 Å². The molecule has 0 radical (unpaired) electrons. The van der Waals surface area contributed by atoms with E-state index in [0.717, 1.165) is 11.3 Å². The summed E-state index contributed by atoms with van der Waals surface area (Å²) >= 11 is 1.62. The fraction of sp³-hybridized carbons (Fsp3) is 0.333. The molecule has 1 fully saturated rings. The molecule has 4 rings (SSSR count). The summed E-state index contributed by atoms with van der Waals surface area (Å²) in [4.78, 5) is 13.9. The van der Waals surface area contributed by atoms with E-state index >= 15 is 0 Å². The van der Waals surface area contributed by atoms with Gasteiger partial charge in [-0.05, 0) is 23.6 Å². The highest BCUT2D eigenvalue weighted by Crippen LogP contribution is 2.20. The van der Waals surface area contributed by atoms with E-state index in [2.05, 4.69) is 20.6 Å². The molecule has 1 aliphatic rings. The van der Waals surface area contributed by atoms with Crippen LogP contribution in [0.2, 0.25) is 0 Å². The minimum absolute atomic E-state index is 0.121. The summed E-state index contributed by atoms with van der Waals surface area (Å²) in [5.41, 5.74) is 2.56. The quantitative estimate of drug-likeness (QED) is 0.776. The Morgan fingerprint density at radius 1 is 1.25 bits per heavy atom. The number of carbonyl (C=O) groups is 1. The molecule has 0 unspecified atom stereocenters. The molecule has 24 heavy (non-hydrogen) atoms. The highest BCUT2D eigenvalue weighted by molar-refractivity contribution is 7.08. The molecule has 0 aromatic carbocycles. The number of urea groups is 1. The number of ether oxygens (including phenoxy) is 1. The van der Waals surface area contributed by atoms with Crippen molar-refractivity contribution in [1.29, 1.82) is 0 Å². The molecule has 0 aliphatic carbocycles. The third-order valence-electron chi connectivity index (χ3n) is 3.84. The van der Waals surface area contributed by atoms with Crippen molar-refractivity contribution in [2.24, 2.45) is 0 Å². The van der Waals surface area contributed by atoms with Crippen LogP contribution in [0.4, 0.5) is 4.79 Å². The van der Waals surface area contributed by atoms with Gasteiger partial charge < -0.3 is 15.0 Å². The summed E-state index contributed by atoms with van der Waals surface area (Å²) in [5.74, 6) is 0.601. The Morgan fingerprint density at radius 2 is 2.12 bits per heavy atom. The Morgan fingerprint density at radius 3 is 2.92 bits per heavy atom.